The second-order valence-electron chi connectivity index (χ2n) is 5.11. The van der Waals surface area contributed by atoms with Crippen LogP contribution in [0.15, 0.2) is 45.5 Å². The van der Waals surface area contributed by atoms with E-state index in [0.717, 1.165) is 0 Å². The second-order valence-corrected chi connectivity index (χ2v) is 5.90. The van der Waals surface area contributed by atoms with Gasteiger partial charge in [0.15, 0.2) is 10.4 Å². The van der Waals surface area contributed by atoms with Gasteiger partial charge in [0, 0.05) is 25.3 Å². The molecule has 0 radical (unpaired) electrons. The number of rotatable bonds is 5. The number of nitrogens with one attached hydrogen (secondary N) is 2. The second kappa shape index (κ2) is 7.78. The van der Waals surface area contributed by atoms with Crippen LogP contribution >= 0.6 is 15.9 Å². The van der Waals surface area contributed by atoms with Gasteiger partial charge in [-0.15, -0.1) is 0 Å². The zero-order valence-electron chi connectivity index (χ0n) is 13.1. The van der Waals surface area contributed by atoms with Gasteiger partial charge in [-0.3, -0.25) is 14.4 Å². The Hall–Kier alpha value is -2.61. The molecule has 126 valence electrons. The third kappa shape index (κ3) is 4.69. The largest absolute Gasteiger partial charge is 0.444 e. The first-order valence-electron chi connectivity index (χ1n) is 7.02. The molecule has 2 rings (SSSR count). The van der Waals surface area contributed by atoms with Crippen molar-refractivity contribution < 1.29 is 18.8 Å². The Bertz CT molecular complexity index is 770. The Morgan fingerprint density at radius 3 is 2.54 bits per heavy atom. The first kappa shape index (κ1) is 17.7. The SMILES string of the molecule is CN(C)C(=O)c1cccc(NC(=O)CNC(=O)c2ccc(Br)o2)c1. The van der Waals surface area contributed by atoms with Crippen LogP contribution in [0.2, 0.25) is 0 Å². The Morgan fingerprint density at radius 1 is 1.17 bits per heavy atom. The first-order valence-corrected chi connectivity index (χ1v) is 7.81. The van der Waals surface area contributed by atoms with Gasteiger partial charge in [-0.1, -0.05) is 6.07 Å². The molecule has 2 N–H and O–H groups in total. The van der Waals surface area contributed by atoms with E-state index >= 15 is 0 Å². The highest BCUT2D eigenvalue weighted by Crippen LogP contribution is 2.14. The van der Waals surface area contributed by atoms with Crippen molar-refractivity contribution in [2.24, 2.45) is 0 Å². The molecule has 0 atom stereocenters. The lowest BCUT2D eigenvalue weighted by atomic mass is 10.2. The molecule has 3 amide bonds. The lowest BCUT2D eigenvalue weighted by molar-refractivity contribution is -0.115. The van der Waals surface area contributed by atoms with Gasteiger partial charge in [0.25, 0.3) is 11.8 Å². The normalized spacial score (nSPS) is 10.1. The quantitative estimate of drug-likeness (QED) is 0.813. The Balaban J connectivity index is 1.91. The van der Waals surface area contributed by atoms with Crippen molar-refractivity contribution in [1.29, 1.82) is 0 Å². The fourth-order valence-corrected chi connectivity index (χ4v) is 2.18. The maximum atomic E-state index is 11.9. The van der Waals surface area contributed by atoms with Gasteiger partial charge >= 0.3 is 0 Å². The van der Waals surface area contributed by atoms with E-state index in [-0.39, 0.29) is 18.2 Å². The van der Waals surface area contributed by atoms with E-state index in [2.05, 4.69) is 26.6 Å². The summed E-state index contributed by atoms with van der Waals surface area (Å²) in [5.41, 5.74) is 0.935. The topological polar surface area (TPSA) is 91.7 Å². The highest BCUT2D eigenvalue weighted by molar-refractivity contribution is 9.10. The summed E-state index contributed by atoms with van der Waals surface area (Å²) in [5.74, 6) is -0.966. The van der Waals surface area contributed by atoms with Crippen LogP contribution in [0.5, 0.6) is 0 Å². The molecular weight excluding hydrogens is 378 g/mol. The number of anilines is 1. The molecule has 0 aliphatic rings. The molecule has 8 heteroatoms. The smallest absolute Gasteiger partial charge is 0.287 e. The summed E-state index contributed by atoms with van der Waals surface area (Å²) in [4.78, 5) is 37.0. The van der Waals surface area contributed by atoms with Gasteiger partial charge in [-0.05, 0) is 46.3 Å². The number of furan rings is 1. The number of hydrogen-bond acceptors (Lipinski definition) is 4. The van der Waals surface area contributed by atoms with Crippen molar-refractivity contribution in [2.75, 3.05) is 26.0 Å². The van der Waals surface area contributed by atoms with Crippen LogP contribution in [0.3, 0.4) is 0 Å². The lowest BCUT2D eigenvalue weighted by Crippen LogP contribution is -2.32. The molecule has 0 fully saturated rings. The molecule has 0 aliphatic carbocycles. The maximum Gasteiger partial charge on any atom is 0.287 e. The number of carbonyl (C=O) groups excluding carboxylic acids is 3. The van der Waals surface area contributed by atoms with E-state index in [0.29, 0.717) is 15.9 Å². The van der Waals surface area contributed by atoms with Crippen LogP contribution in [0.1, 0.15) is 20.9 Å². The fraction of sp³-hybridized carbons (Fsp3) is 0.188. The highest BCUT2D eigenvalue weighted by atomic mass is 79.9. The van der Waals surface area contributed by atoms with Crippen molar-refractivity contribution in [2.45, 2.75) is 0 Å². The summed E-state index contributed by atoms with van der Waals surface area (Å²) in [6.45, 7) is -0.219. The number of halogens is 1. The van der Waals surface area contributed by atoms with E-state index in [1.807, 2.05) is 0 Å². The van der Waals surface area contributed by atoms with Crippen molar-refractivity contribution in [3.63, 3.8) is 0 Å². The Labute approximate surface area is 147 Å². The average Bonchev–Trinajstić information content (AvgIpc) is 2.98. The molecule has 1 aromatic carbocycles. The molecule has 1 heterocycles. The summed E-state index contributed by atoms with van der Waals surface area (Å²) >= 11 is 3.10. The minimum atomic E-state index is -0.493. The summed E-state index contributed by atoms with van der Waals surface area (Å²) in [6, 6.07) is 9.65. The van der Waals surface area contributed by atoms with Gasteiger partial charge in [-0.25, -0.2) is 0 Å². The number of benzene rings is 1. The van der Waals surface area contributed by atoms with Crippen LogP contribution in [-0.2, 0) is 4.79 Å². The monoisotopic (exact) mass is 393 g/mol. The zero-order chi connectivity index (χ0) is 17.7. The molecule has 0 bridgehead atoms. The molecule has 0 aliphatic heterocycles. The predicted molar refractivity (Wildman–Crippen MR) is 91.8 cm³/mol. The third-order valence-electron chi connectivity index (χ3n) is 3.01. The van der Waals surface area contributed by atoms with Crippen LogP contribution in [0.25, 0.3) is 0 Å². The first-order chi connectivity index (χ1) is 11.4. The fourth-order valence-electron chi connectivity index (χ4n) is 1.88. The number of amides is 3. The maximum absolute atomic E-state index is 11.9. The number of hydrogen-bond donors (Lipinski definition) is 2. The van der Waals surface area contributed by atoms with E-state index < -0.39 is 11.8 Å². The van der Waals surface area contributed by atoms with Crippen molar-refractivity contribution >= 4 is 39.3 Å². The van der Waals surface area contributed by atoms with Gasteiger partial charge < -0.3 is 20.0 Å². The van der Waals surface area contributed by atoms with Crippen LogP contribution in [0.4, 0.5) is 5.69 Å². The molecule has 2 aromatic rings. The van der Waals surface area contributed by atoms with Crippen LogP contribution in [-0.4, -0.2) is 43.3 Å². The Morgan fingerprint density at radius 2 is 1.92 bits per heavy atom. The summed E-state index contributed by atoms with van der Waals surface area (Å²) < 4.78 is 5.52. The van der Waals surface area contributed by atoms with E-state index in [9.17, 15) is 14.4 Å². The summed E-state index contributed by atoms with van der Waals surface area (Å²) in [5, 5.41) is 5.07. The minimum Gasteiger partial charge on any atom is -0.444 e. The van der Waals surface area contributed by atoms with E-state index in [1.165, 1.54) is 11.0 Å². The number of nitrogens with zero attached hydrogens (tertiary/aromatic N) is 1. The van der Waals surface area contributed by atoms with Crippen molar-refractivity contribution in [3.05, 3.63) is 52.4 Å². The Kier molecular flexibility index (Phi) is 5.75. The number of carbonyl (C=O) groups is 3. The standard InChI is InChI=1S/C16H16BrN3O4/c1-20(2)16(23)10-4-3-5-11(8-10)19-14(21)9-18-15(22)12-6-7-13(17)24-12/h3-8H,9H2,1-2H3,(H,18,22)(H,19,21). The summed E-state index contributed by atoms with van der Waals surface area (Å²) in [6.07, 6.45) is 0. The van der Waals surface area contributed by atoms with Gasteiger partial charge in [0.05, 0.1) is 6.54 Å². The lowest BCUT2D eigenvalue weighted by Gasteiger charge is -2.11. The third-order valence-corrected chi connectivity index (χ3v) is 3.43. The van der Waals surface area contributed by atoms with Gasteiger partial charge in [0.1, 0.15) is 0 Å². The molecule has 0 unspecified atom stereocenters. The average molecular weight is 394 g/mol. The molecule has 1 aromatic heterocycles. The molecule has 7 nitrogen and oxygen atoms in total. The van der Waals surface area contributed by atoms with Gasteiger partial charge in [-0.2, -0.15) is 0 Å². The van der Waals surface area contributed by atoms with Gasteiger partial charge in [0.2, 0.25) is 5.91 Å². The molecule has 0 spiro atoms. The molecular formula is C16H16BrN3O4. The zero-order valence-corrected chi connectivity index (χ0v) is 14.7. The molecule has 24 heavy (non-hydrogen) atoms. The highest BCUT2D eigenvalue weighted by Gasteiger charge is 2.13. The molecule has 0 saturated carbocycles. The van der Waals surface area contributed by atoms with Crippen molar-refractivity contribution in [3.8, 4) is 0 Å². The van der Waals surface area contributed by atoms with E-state index in [1.54, 1.807) is 44.4 Å². The minimum absolute atomic E-state index is 0.105. The van der Waals surface area contributed by atoms with Crippen LogP contribution in [0, 0.1) is 0 Å². The molecule has 0 saturated heterocycles. The predicted octanol–water partition coefficient (Wildman–Crippen LogP) is 2.11. The summed E-state index contributed by atoms with van der Waals surface area (Å²) in [7, 11) is 3.30. The van der Waals surface area contributed by atoms with Crippen LogP contribution < -0.4 is 10.6 Å². The van der Waals surface area contributed by atoms with E-state index in [4.69, 9.17) is 4.42 Å². The van der Waals surface area contributed by atoms with Crippen molar-refractivity contribution in [1.82, 2.24) is 10.2 Å².